The van der Waals surface area contributed by atoms with Crippen molar-refractivity contribution in [2.45, 2.75) is 12.8 Å². The smallest absolute Gasteiger partial charge is 0.226 e. The molecular weight excluding hydrogens is 411 g/mol. The first-order valence-corrected chi connectivity index (χ1v) is 9.86. The van der Waals surface area contributed by atoms with Crippen molar-refractivity contribution in [3.8, 4) is 9.88 Å². The molecule has 0 aliphatic heterocycles. The highest BCUT2D eigenvalue weighted by molar-refractivity contribution is 9.10. The van der Waals surface area contributed by atoms with Gasteiger partial charge in [0.25, 0.3) is 0 Å². The fourth-order valence-corrected chi connectivity index (χ4v) is 4.52. The largest absolute Gasteiger partial charge is 0.355 e. The van der Waals surface area contributed by atoms with Crippen molar-refractivity contribution in [2.24, 2.45) is 0 Å². The summed E-state index contributed by atoms with van der Waals surface area (Å²) in [6, 6.07) is 8.62. The summed E-state index contributed by atoms with van der Waals surface area (Å²) in [5.74, 6) is -0.339. The van der Waals surface area contributed by atoms with Crippen molar-refractivity contribution < 1.29 is 9.18 Å². The van der Waals surface area contributed by atoms with Gasteiger partial charge in [-0.05, 0) is 40.0 Å². The molecule has 0 saturated heterocycles. The van der Waals surface area contributed by atoms with E-state index in [2.05, 4.69) is 26.2 Å². The molecule has 3 aromatic rings. The number of nitrogens with zero attached hydrogens (tertiary/aromatic N) is 1. The highest BCUT2D eigenvalue weighted by Crippen LogP contribution is 2.32. The molecule has 2 aromatic heterocycles. The van der Waals surface area contributed by atoms with Crippen LogP contribution in [-0.4, -0.2) is 17.4 Å². The lowest BCUT2D eigenvalue weighted by molar-refractivity contribution is -0.120. The predicted octanol–water partition coefficient (Wildman–Crippen LogP) is 4.67. The molecule has 2 heterocycles. The third-order valence-corrected chi connectivity index (χ3v) is 6.10. The maximum absolute atomic E-state index is 13.5. The van der Waals surface area contributed by atoms with Gasteiger partial charge in [0.05, 0.1) is 17.0 Å². The number of rotatable bonds is 6. The monoisotopic (exact) mass is 424 g/mol. The molecule has 0 fully saturated rings. The maximum Gasteiger partial charge on any atom is 0.226 e. The second kappa shape index (κ2) is 8.00. The van der Waals surface area contributed by atoms with E-state index < -0.39 is 0 Å². The van der Waals surface area contributed by atoms with Crippen LogP contribution in [0.25, 0.3) is 9.88 Å². The number of thiazole rings is 1. The molecule has 3 nitrogen and oxygen atoms in total. The average molecular weight is 425 g/mol. The number of benzene rings is 1. The van der Waals surface area contributed by atoms with Crippen molar-refractivity contribution in [3.05, 3.63) is 62.6 Å². The van der Waals surface area contributed by atoms with Gasteiger partial charge >= 0.3 is 0 Å². The van der Waals surface area contributed by atoms with Crippen molar-refractivity contribution in [2.75, 3.05) is 6.54 Å². The van der Waals surface area contributed by atoms with Gasteiger partial charge in [-0.25, -0.2) is 9.37 Å². The Labute approximate surface area is 155 Å². The van der Waals surface area contributed by atoms with Crippen LogP contribution in [0.5, 0.6) is 0 Å². The third kappa shape index (κ3) is 4.49. The van der Waals surface area contributed by atoms with Gasteiger partial charge in [0.2, 0.25) is 5.91 Å². The van der Waals surface area contributed by atoms with E-state index in [0.717, 1.165) is 20.1 Å². The SMILES string of the molecule is O=C(Cc1csc(-c2cc(Br)cs2)n1)NCCc1ccccc1F. The Morgan fingerprint density at radius 2 is 2.08 bits per heavy atom. The van der Waals surface area contributed by atoms with E-state index >= 15 is 0 Å². The molecule has 0 spiro atoms. The molecule has 24 heavy (non-hydrogen) atoms. The van der Waals surface area contributed by atoms with Gasteiger partial charge in [0.15, 0.2) is 0 Å². The first-order valence-electron chi connectivity index (χ1n) is 7.31. The van der Waals surface area contributed by atoms with Crippen molar-refractivity contribution in [3.63, 3.8) is 0 Å². The topological polar surface area (TPSA) is 42.0 Å². The summed E-state index contributed by atoms with van der Waals surface area (Å²) in [6.07, 6.45) is 0.713. The quantitative estimate of drug-likeness (QED) is 0.624. The number of aromatic nitrogens is 1. The summed E-state index contributed by atoms with van der Waals surface area (Å²) in [6.45, 7) is 0.411. The molecule has 0 saturated carbocycles. The Bertz CT molecular complexity index is 846. The number of nitrogens with one attached hydrogen (secondary N) is 1. The second-order valence-electron chi connectivity index (χ2n) is 5.14. The van der Waals surface area contributed by atoms with E-state index in [1.54, 1.807) is 29.5 Å². The molecule has 0 radical (unpaired) electrons. The summed E-state index contributed by atoms with van der Waals surface area (Å²) < 4.78 is 14.5. The fraction of sp³-hybridized carbons (Fsp3) is 0.176. The molecule has 1 aromatic carbocycles. The minimum Gasteiger partial charge on any atom is -0.355 e. The molecule has 7 heteroatoms. The summed E-state index contributed by atoms with van der Waals surface area (Å²) in [4.78, 5) is 17.6. The molecule has 0 aliphatic carbocycles. The lowest BCUT2D eigenvalue weighted by atomic mass is 10.1. The molecule has 124 valence electrons. The van der Waals surface area contributed by atoms with Crippen LogP contribution in [0, 0.1) is 5.82 Å². The third-order valence-electron chi connectivity index (χ3n) is 3.35. The number of amides is 1. The minimum atomic E-state index is -0.238. The van der Waals surface area contributed by atoms with Crippen LogP contribution in [0.4, 0.5) is 4.39 Å². The summed E-state index contributed by atoms with van der Waals surface area (Å²) in [7, 11) is 0. The van der Waals surface area contributed by atoms with Crippen molar-refractivity contribution in [1.29, 1.82) is 0 Å². The number of hydrogen-bond acceptors (Lipinski definition) is 4. The van der Waals surface area contributed by atoms with Gasteiger partial charge in [-0.15, -0.1) is 22.7 Å². The standard InChI is InChI=1S/C17H14BrFN2OS2/c18-12-7-15(23-9-12)17-21-13(10-24-17)8-16(22)20-6-5-11-3-1-2-4-14(11)19/h1-4,7,9-10H,5-6,8H2,(H,20,22). The van der Waals surface area contributed by atoms with Crippen LogP contribution in [0.1, 0.15) is 11.3 Å². The lowest BCUT2D eigenvalue weighted by Gasteiger charge is -2.05. The average Bonchev–Trinajstić information content (AvgIpc) is 3.18. The van der Waals surface area contributed by atoms with Crippen LogP contribution < -0.4 is 5.32 Å². The summed E-state index contributed by atoms with van der Waals surface area (Å²) >= 11 is 6.57. The molecule has 0 bridgehead atoms. The molecule has 0 unspecified atom stereocenters. The predicted molar refractivity (Wildman–Crippen MR) is 99.9 cm³/mol. The highest BCUT2D eigenvalue weighted by Gasteiger charge is 2.10. The van der Waals surface area contributed by atoms with Gasteiger partial charge in [-0.2, -0.15) is 0 Å². The van der Waals surface area contributed by atoms with E-state index in [9.17, 15) is 9.18 Å². The van der Waals surface area contributed by atoms with Crippen LogP contribution in [0.3, 0.4) is 0 Å². The maximum atomic E-state index is 13.5. The van der Waals surface area contributed by atoms with E-state index in [0.29, 0.717) is 18.5 Å². The minimum absolute atomic E-state index is 0.101. The fourth-order valence-electron chi connectivity index (χ4n) is 2.19. The van der Waals surface area contributed by atoms with E-state index in [4.69, 9.17) is 0 Å². The van der Waals surface area contributed by atoms with Gasteiger partial charge in [0, 0.05) is 21.8 Å². The highest BCUT2D eigenvalue weighted by atomic mass is 79.9. The molecule has 0 aliphatic rings. The summed E-state index contributed by atoms with van der Waals surface area (Å²) in [5.41, 5.74) is 1.36. The number of carbonyl (C=O) groups excluding carboxylic acids is 1. The molecule has 0 atom stereocenters. The van der Waals surface area contributed by atoms with E-state index in [1.807, 2.05) is 16.8 Å². The van der Waals surface area contributed by atoms with Gasteiger partial charge < -0.3 is 5.32 Å². The molecular formula is C17H14BrFN2OS2. The molecule has 1 N–H and O–H groups in total. The number of hydrogen-bond donors (Lipinski definition) is 1. The Balaban J connectivity index is 1.50. The Morgan fingerprint density at radius 1 is 1.25 bits per heavy atom. The van der Waals surface area contributed by atoms with Crippen LogP contribution >= 0.6 is 38.6 Å². The van der Waals surface area contributed by atoms with Crippen molar-refractivity contribution >= 4 is 44.5 Å². The van der Waals surface area contributed by atoms with Crippen LogP contribution in [0.2, 0.25) is 0 Å². The number of thiophene rings is 1. The molecule has 3 rings (SSSR count). The van der Waals surface area contributed by atoms with Gasteiger partial charge in [0.1, 0.15) is 10.8 Å². The zero-order chi connectivity index (χ0) is 16.9. The first kappa shape index (κ1) is 17.3. The lowest BCUT2D eigenvalue weighted by Crippen LogP contribution is -2.27. The number of carbonyl (C=O) groups is 1. The van der Waals surface area contributed by atoms with E-state index in [1.165, 1.54) is 17.4 Å². The van der Waals surface area contributed by atoms with Crippen LogP contribution in [-0.2, 0) is 17.6 Å². The normalized spacial score (nSPS) is 10.8. The van der Waals surface area contributed by atoms with Crippen LogP contribution in [0.15, 0.2) is 45.6 Å². The number of halogens is 2. The van der Waals surface area contributed by atoms with Crippen molar-refractivity contribution in [1.82, 2.24) is 10.3 Å². The zero-order valence-electron chi connectivity index (χ0n) is 12.6. The Kier molecular flexibility index (Phi) is 5.76. The Morgan fingerprint density at radius 3 is 2.83 bits per heavy atom. The first-order chi connectivity index (χ1) is 11.6. The summed E-state index contributed by atoms with van der Waals surface area (Å²) in [5, 5.41) is 7.64. The second-order valence-corrected chi connectivity index (χ2v) is 7.83. The van der Waals surface area contributed by atoms with E-state index in [-0.39, 0.29) is 18.1 Å². The zero-order valence-corrected chi connectivity index (χ0v) is 15.8. The Hall–Kier alpha value is -1.57. The van der Waals surface area contributed by atoms with Gasteiger partial charge in [-0.3, -0.25) is 4.79 Å². The molecule has 1 amide bonds. The van der Waals surface area contributed by atoms with Gasteiger partial charge in [-0.1, -0.05) is 18.2 Å².